The number of nitrogens with one attached hydrogen (secondary N) is 1. The van der Waals surface area contributed by atoms with Gasteiger partial charge in [-0.15, -0.1) is 0 Å². The molecule has 6 nitrogen and oxygen atoms in total. The highest BCUT2D eigenvalue weighted by Gasteiger charge is 2.27. The number of carbonyl (C=O) groups is 1. The summed E-state index contributed by atoms with van der Waals surface area (Å²) in [6.45, 7) is 3.52. The Labute approximate surface area is 146 Å². The maximum atomic E-state index is 12.7. The van der Waals surface area contributed by atoms with E-state index in [4.69, 9.17) is 13.9 Å². The van der Waals surface area contributed by atoms with E-state index in [0.29, 0.717) is 36.8 Å². The SMILES string of the molecule is O=C(NC[C@@H](c1ccco1)N1CCCC1)c1cccc2c1OCCO2. The molecule has 6 heteroatoms. The Kier molecular flexibility index (Phi) is 4.61. The molecule has 1 N–H and O–H groups in total. The highest BCUT2D eigenvalue weighted by Crippen LogP contribution is 2.33. The second-order valence-corrected chi connectivity index (χ2v) is 6.31. The van der Waals surface area contributed by atoms with Crippen LogP contribution in [-0.2, 0) is 0 Å². The van der Waals surface area contributed by atoms with Crippen LogP contribution in [0.15, 0.2) is 41.0 Å². The summed E-state index contributed by atoms with van der Waals surface area (Å²) in [7, 11) is 0. The van der Waals surface area contributed by atoms with Crippen molar-refractivity contribution in [1.29, 1.82) is 0 Å². The minimum absolute atomic E-state index is 0.0538. The van der Waals surface area contributed by atoms with Crippen LogP contribution in [0.4, 0.5) is 0 Å². The molecule has 0 saturated carbocycles. The second kappa shape index (κ2) is 7.19. The molecule has 2 aromatic rings. The molecule has 4 rings (SSSR count). The fourth-order valence-electron chi connectivity index (χ4n) is 3.48. The van der Waals surface area contributed by atoms with Gasteiger partial charge in [-0.1, -0.05) is 6.07 Å². The van der Waals surface area contributed by atoms with Gasteiger partial charge in [0.2, 0.25) is 0 Å². The summed E-state index contributed by atoms with van der Waals surface area (Å²) in [4.78, 5) is 15.1. The van der Waals surface area contributed by atoms with E-state index in [-0.39, 0.29) is 11.9 Å². The molecule has 0 radical (unpaired) electrons. The van der Waals surface area contributed by atoms with E-state index in [1.54, 1.807) is 12.3 Å². The van der Waals surface area contributed by atoms with Crippen molar-refractivity contribution in [2.24, 2.45) is 0 Å². The van der Waals surface area contributed by atoms with Crippen LogP contribution in [0.1, 0.15) is 35.0 Å². The molecule has 1 fully saturated rings. The number of benzene rings is 1. The third kappa shape index (κ3) is 3.35. The number of likely N-dealkylation sites (tertiary alicyclic amines) is 1. The number of carbonyl (C=O) groups excluding carboxylic acids is 1. The molecule has 3 heterocycles. The predicted octanol–water partition coefficient (Wildman–Crippen LogP) is 2.62. The van der Waals surface area contributed by atoms with Gasteiger partial charge in [0.05, 0.1) is 17.9 Å². The summed E-state index contributed by atoms with van der Waals surface area (Å²) in [5.74, 6) is 1.89. The maximum absolute atomic E-state index is 12.7. The van der Waals surface area contributed by atoms with Crippen molar-refractivity contribution < 1.29 is 18.7 Å². The quantitative estimate of drug-likeness (QED) is 0.905. The van der Waals surface area contributed by atoms with Crippen molar-refractivity contribution in [1.82, 2.24) is 10.2 Å². The molecule has 1 aromatic heterocycles. The molecule has 1 amide bonds. The molecule has 0 spiro atoms. The van der Waals surface area contributed by atoms with Gasteiger partial charge in [-0.25, -0.2) is 0 Å². The lowest BCUT2D eigenvalue weighted by molar-refractivity contribution is 0.0923. The topological polar surface area (TPSA) is 63.9 Å². The summed E-state index contributed by atoms with van der Waals surface area (Å²) in [5.41, 5.74) is 0.511. The third-order valence-electron chi connectivity index (χ3n) is 4.72. The van der Waals surface area contributed by atoms with Crippen LogP contribution in [0.25, 0.3) is 0 Å². The van der Waals surface area contributed by atoms with Gasteiger partial charge in [-0.05, 0) is 50.2 Å². The monoisotopic (exact) mass is 342 g/mol. The molecule has 2 aliphatic heterocycles. The Hall–Kier alpha value is -2.47. The van der Waals surface area contributed by atoms with E-state index in [9.17, 15) is 4.79 Å². The molecular weight excluding hydrogens is 320 g/mol. The van der Waals surface area contributed by atoms with E-state index in [2.05, 4.69) is 10.2 Å². The molecule has 0 bridgehead atoms. The number of furan rings is 1. The highest BCUT2D eigenvalue weighted by atomic mass is 16.6. The van der Waals surface area contributed by atoms with Crippen molar-refractivity contribution in [3.63, 3.8) is 0 Å². The largest absolute Gasteiger partial charge is 0.486 e. The average Bonchev–Trinajstić information content (AvgIpc) is 3.36. The van der Waals surface area contributed by atoms with Crippen LogP contribution in [0.3, 0.4) is 0 Å². The number of amides is 1. The first kappa shape index (κ1) is 16.0. The van der Waals surface area contributed by atoms with Crippen molar-refractivity contribution >= 4 is 5.91 Å². The van der Waals surface area contributed by atoms with Crippen LogP contribution in [0.5, 0.6) is 11.5 Å². The van der Waals surface area contributed by atoms with Crippen LogP contribution in [0.2, 0.25) is 0 Å². The minimum atomic E-state index is -0.155. The Morgan fingerprint density at radius 3 is 2.76 bits per heavy atom. The van der Waals surface area contributed by atoms with Gasteiger partial charge in [0.15, 0.2) is 11.5 Å². The molecule has 132 valence electrons. The first-order chi connectivity index (χ1) is 12.3. The van der Waals surface area contributed by atoms with Crippen LogP contribution < -0.4 is 14.8 Å². The summed E-state index contributed by atoms with van der Waals surface area (Å²) in [6.07, 6.45) is 4.05. The predicted molar refractivity (Wildman–Crippen MR) is 92.0 cm³/mol. The fraction of sp³-hybridized carbons (Fsp3) is 0.421. The molecular formula is C19H22N2O4. The Balaban J connectivity index is 1.48. The number of rotatable bonds is 5. The Morgan fingerprint density at radius 1 is 1.12 bits per heavy atom. The third-order valence-corrected chi connectivity index (χ3v) is 4.72. The van der Waals surface area contributed by atoms with Gasteiger partial charge in [0, 0.05) is 6.54 Å². The zero-order valence-corrected chi connectivity index (χ0v) is 14.1. The zero-order chi connectivity index (χ0) is 17.1. The Morgan fingerprint density at radius 2 is 1.96 bits per heavy atom. The number of fused-ring (bicyclic) bond motifs is 1. The smallest absolute Gasteiger partial charge is 0.255 e. The summed E-state index contributed by atoms with van der Waals surface area (Å²) < 4.78 is 16.8. The maximum Gasteiger partial charge on any atom is 0.255 e. The first-order valence-corrected chi connectivity index (χ1v) is 8.77. The van der Waals surface area contributed by atoms with E-state index in [0.717, 1.165) is 18.8 Å². The van der Waals surface area contributed by atoms with E-state index < -0.39 is 0 Å². The van der Waals surface area contributed by atoms with Gasteiger partial charge in [0.1, 0.15) is 19.0 Å². The lowest BCUT2D eigenvalue weighted by Gasteiger charge is -2.26. The van der Waals surface area contributed by atoms with Gasteiger partial charge in [0.25, 0.3) is 5.91 Å². The number of hydrogen-bond acceptors (Lipinski definition) is 5. The average molecular weight is 342 g/mol. The molecule has 1 saturated heterocycles. The number of para-hydroxylation sites is 1. The minimum Gasteiger partial charge on any atom is -0.486 e. The lowest BCUT2D eigenvalue weighted by atomic mass is 10.1. The van der Waals surface area contributed by atoms with Crippen LogP contribution in [-0.4, -0.2) is 43.7 Å². The van der Waals surface area contributed by atoms with Gasteiger partial charge >= 0.3 is 0 Å². The van der Waals surface area contributed by atoms with Gasteiger partial charge in [-0.2, -0.15) is 0 Å². The van der Waals surface area contributed by atoms with Crippen molar-refractivity contribution in [3.8, 4) is 11.5 Å². The van der Waals surface area contributed by atoms with Crippen molar-refractivity contribution in [3.05, 3.63) is 47.9 Å². The zero-order valence-electron chi connectivity index (χ0n) is 14.1. The lowest BCUT2D eigenvalue weighted by Crippen LogP contribution is -2.37. The molecule has 1 atom stereocenters. The Bertz CT molecular complexity index is 723. The highest BCUT2D eigenvalue weighted by molar-refractivity contribution is 5.97. The van der Waals surface area contributed by atoms with E-state index in [1.807, 2.05) is 24.3 Å². The number of hydrogen-bond donors (Lipinski definition) is 1. The molecule has 1 aromatic carbocycles. The van der Waals surface area contributed by atoms with Gasteiger partial charge < -0.3 is 19.2 Å². The molecule has 25 heavy (non-hydrogen) atoms. The molecule has 0 aliphatic carbocycles. The van der Waals surface area contributed by atoms with Crippen LogP contribution in [0, 0.1) is 0 Å². The van der Waals surface area contributed by atoms with E-state index >= 15 is 0 Å². The first-order valence-electron chi connectivity index (χ1n) is 8.77. The van der Waals surface area contributed by atoms with E-state index in [1.165, 1.54) is 12.8 Å². The fourth-order valence-corrected chi connectivity index (χ4v) is 3.48. The number of ether oxygens (including phenoxy) is 2. The second-order valence-electron chi connectivity index (χ2n) is 6.31. The van der Waals surface area contributed by atoms with Crippen molar-refractivity contribution in [2.75, 3.05) is 32.8 Å². The summed E-state index contributed by atoms with van der Waals surface area (Å²) in [6, 6.07) is 9.31. The molecule has 2 aliphatic rings. The summed E-state index contributed by atoms with van der Waals surface area (Å²) in [5, 5.41) is 3.04. The summed E-state index contributed by atoms with van der Waals surface area (Å²) >= 11 is 0. The molecule has 0 unspecified atom stereocenters. The number of nitrogens with zero attached hydrogens (tertiary/aromatic N) is 1. The normalized spacial score (nSPS) is 18.1. The van der Waals surface area contributed by atoms with Crippen molar-refractivity contribution in [2.45, 2.75) is 18.9 Å². The standard InChI is InChI=1S/C19H22N2O4/c22-19(14-5-3-6-17-18(14)25-12-11-24-17)20-13-15(16-7-4-10-23-16)21-8-1-2-9-21/h3-7,10,15H,1-2,8-9,11-13H2,(H,20,22)/t15-/m0/s1. The van der Waals surface area contributed by atoms with Gasteiger partial charge in [-0.3, -0.25) is 9.69 Å². The van der Waals surface area contributed by atoms with Crippen LogP contribution >= 0.6 is 0 Å².